The van der Waals surface area contributed by atoms with Crippen molar-refractivity contribution in [2.75, 3.05) is 0 Å². The third-order valence-electron chi connectivity index (χ3n) is 4.35. The maximum Gasteiger partial charge on any atom is 0.202 e. The molecule has 0 unspecified atom stereocenters. The molecule has 0 radical (unpaired) electrons. The summed E-state index contributed by atoms with van der Waals surface area (Å²) >= 11 is 9.25. The van der Waals surface area contributed by atoms with E-state index in [9.17, 15) is 9.59 Å². The second-order valence-electron chi connectivity index (χ2n) is 5.81. The molecule has 5 rings (SSSR count). The molecule has 120 valence electrons. The van der Waals surface area contributed by atoms with Crippen molar-refractivity contribution in [2.24, 2.45) is 0 Å². The first kappa shape index (κ1) is 15.3. The van der Waals surface area contributed by atoms with Crippen molar-refractivity contribution in [3.05, 3.63) is 80.6 Å². The summed E-state index contributed by atoms with van der Waals surface area (Å²) in [5.74, 6) is -0.193. The van der Waals surface area contributed by atoms with Gasteiger partial charge in [-0.1, -0.05) is 71.5 Å². The van der Waals surface area contributed by atoms with Gasteiger partial charge in [0.05, 0.1) is 14.8 Å². The maximum atomic E-state index is 13.0. The van der Waals surface area contributed by atoms with Gasteiger partial charge in [0.25, 0.3) is 0 Å². The molecular weight excluding hydrogens is 372 g/mol. The van der Waals surface area contributed by atoms with Gasteiger partial charge in [-0.2, -0.15) is 0 Å². The van der Waals surface area contributed by atoms with E-state index < -0.39 is 0 Å². The van der Waals surface area contributed by atoms with E-state index in [1.54, 1.807) is 6.07 Å². The zero-order valence-electron chi connectivity index (χ0n) is 12.7. The highest BCUT2D eigenvalue weighted by Gasteiger charge is 2.37. The van der Waals surface area contributed by atoms with Crippen molar-refractivity contribution in [2.45, 2.75) is 9.79 Å². The Balaban J connectivity index is 1.70. The molecule has 25 heavy (non-hydrogen) atoms. The van der Waals surface area contributed by atoms with Crippen LogP contribution in [0, 0.1) is 0 Å². The number of hydrogen-bond donors (Lipinski definition) is 0. The van der Waals surface area contributed by atoms with Gasteiger partial charge in [0.15, 0.2) is 0 Å². The molecule has 3 aromatic rings. The average Bonchev–Trinajstić information content (AvgIpc) is 3.14. The lowest BCUT2D eigenvalue weighted by atomic mass is 10.0. The first-order valence-corrected chi connectivity index (χ1v) is 9.66. The number of carbonyl (C=O) groups excluding carboxylic acids is 2. The molecule has 0 amide bonds. The topological polar surface area (TPSA) is 34.1 Å². The van der Waals surface area contributed by atoms with Crippen molar-refractivity contribution >= 4 is 57.5 Å². The summed E-state index contributed by atoms with van der Waals surface area (Å²) in [5.41, 5.74) is 1.25. The second kappa shape index (κ2) is 5.49. The summed E-state index contributed by atoms with van der Waals surface area (Å²) < 4.78 is 0. The number of thioether (sulfide) groups is 2. The highest BCUT2D eigenvalue weighted by atomic mass is 35.5. The molecule has 3 aromatic carbocycles. The van der Waals surface area contributed by atoms with Gasteiger partial charge in [0, 0.05) is 26.3 Å². The molecule has 2 aliphatic heterocycles. The molecule has 0 aliphatic carbocycles. The Labute approximate surface area is 157 Å². The lowest BCUT2D eigenvalue weighted by Gasteiger charge is -2.04. The van der Waals surface area contributed by atoms with Crippen LogP contribution in [0.25, 0.3) is 10.8 Å². The molecule has 5 heteroatoms. The lowest BCUT2D eigenvalue weighted by Crippen LogP contribution is -2.02. The van der Waals surface area contributed by atoms with Gasteiger partial charge in [-0.05, 0) is 23.6 Å². The van der Waals surface area contributed by atoms with Crippen LogP contribution in [0.5, 0.6) is 0 Å². The van der Waals surface area contributed by atoms with Crippen LogP contribution in [0.2, 0.25) is 5.02 Å². The van der Waals surface area contributed by atoms with E-state index in [-0.39, 0.29) is 11.6 Å². The number of benzene rings is 3. The molecule has 0 spiro atoms. The summed E-state index contributed by atoms with van der Waals surface area (Å²) in [4.78, 5) is 28.3. The molecule has 0 aromatic heterocycles. The van der Waals surface area contributed by atoms with Gasteiger partial charge >= 0.3 is 0 Å². The van der Waals surface area contributed by atoms with Gasteiger partial charge in [-0.15, -0.1) is 0 Å². The SMILES string of the molecule is O=C1/C(=C2/Sc3c(cc4ccccc4c3Cl)C2=O)Sc2ccccc21. The summed E-state index contributed by atoms with van der Waals surface area (Å²) in [5, 5.41) is 2.43. The van der Waals surface area contributed by atoms with Crippen LogP contribution >= 0.6 is 35.1 Å². The van der Waals surface area contributed by atoms with Crippen LogP contribution in [0.4, 0.5) is 0 Å². The van der Waals surface area contributed by atoms with Gasteiger partial charge in [-0.3, -0.25) is 9.59 Å². The van der Waals surface area contributed by atoms with Crippen LogP contribution in [-0.2, 0) is 0 Å². The quantitative estimate of drug-likeness (QED) is 0.449. The van der Waals surface area contributed by atoms with Crippen LogP contribution in [-0.4, -0.2) is 11.6 Å². The predicted molar refractivity (Wildman–Crippen MR) is 103 cm³/mol. The Kier molecular flexibility index (Phi) is 3.35. The summed E-state index contributed by atoms with van der Waals surface area (Å²) in [6, 6.07) is 17.0. The van der Waals surface area contributed by atoms with Gasteiger partial charge in [0.1, 0.15) is 0 Å². The molecule has 0 atom stereocenters. The summed E-state index contributed by atoms with van der Waals surface area (Å²) in [7, 11) is 0. The van der Waals surface area contributed by atoms with Crippen LogP contribution in [0.15, 0.2) is 74.2 Å². The zero-order valence-corrected chi connectivity index (χ0v) is 15.1. The molecule has 2 nitrogen and oxygen atoms in total. The molecule has 0 N–H and O–H groups in total. The normalized spacial score (nSPS) is 18.8. The standard InChI is InChI=1S/C20H9ClO2S2/c21-15-11-6-2-1-5-10(11)9-13-17(23)20(25-18(13)15)19-16(22)12-7-3-4-8-14(12)24-19/h1-9H/b20-19-. The number of halogens is 1. The second-order valence-corrected chi connectivity index (χ2v) is 8.26. The number of ketones is 2. The van der Waals surface area contributed by atoms with E-state index in [2.05, 4.69) is 0 Å². The third-order valence-corrected chi connectivity index (χ3v) is 7.38. The Bertz CT molecular complexity index is 1150. The summed E-state index contributed by atoms with van der Waals surface area (Å²) in [6.07, 6.45) is 0. The number of fused-ring (bicyclic) bond motifs is 3. The average molecular weight is 381 g/mol. The van der Waals surface area contributed by atoms with E-state index in [0.29, 0.717) is 26.0 Å². The van der Waals surface area contributed by atoms with Crippen molar-refractivity contribution in [1.29, 1.82) is 0 Å². The monoisotopic (exact) mass is 380 g/mol. The van der Waals surface area contributed by atoms with E-state index in [1.165, 1.54) is 23.5 Å². The zero-order chi connectivity index (χ0) is 17.1. The van der Waals surface area contributed by atoms with E-state index in [1.807, 2.05) is 48.5 Å². The van der Waals surface area contributed by atoms with Crippen molar-refractivity contribution < 1.29 is 9.59 Å². The van der Waals surface area contributed by atoms with Gasteiger partial charge in [0.2, 0.25) is 11.6 Å². The minimum Gasteiger partial charge on any atom is -0.288 e. The van der Waals surface area contributed by atoms with E-state index in [4.69, 9.17) is 11.6 Å². The fraction of sp³-hybridized carbons (Fsp3) is 0. The molecule has 0 bridgehead atoms. The fourth-order valence-corrected chi connectivity index (χ4v) is 5.86. The number of Topliss-reactive ketones (excluding diaryl/α,β-unsaturated/α-hetero) is 2. The third kappa shape index (κ3) is 2.15. The van der Waals surface area contributed by atoms with Crippen molar-refractivity contribution in [3.63, 3.8) is 0 Å². The first-order chi connectivity index (χ1) is 12.1. The van der Waals surface area contributed by atoms with Crippen LogP contribution < -0.4 is 0 Å². The molecule has 0 saturated heterocycles. The molecule has 0 fully saturated rings. The van der Waals surface area contributed by atoms with Gasteiger partial charge in [-0.25, -0.2) is 0 Å². The smallest absolute Gasteiger partial charge is 0.202 e. The van der Waals surface area contributed by atoms with Crippen molar-refractivity contribution in [3.8, 4) is 0 Å². The molecule has 2 heterocycles. The van der Waals surface area contributed by atoms with Gasteiger partial charge < -0.3 is 0 Å². The molecular formula is C20H9ClO2S2. The fourth-order valence-electron chi connectivity index (χ4n) is 3.14. The maximum absolute atomic E-state index is 13.0. The minimum absolute atomic E-state index is 0.0788. The summed E-state index contributed by atoms with van der Waals surface area (Å²) in [6.45, 7) is 0. The number of hydrogen-bond acceptors (Lipinski definition) is 4. The number of carbonyl (C=O) groups is 2. The minimum atomic E-state index is -0.115. The highest BCUT2D eigenvalue weighted by molar-refractivity contribution is 8.08. The number of allylic oxidation sites excluding steroid dienone is 2. The molecule has 0 saturated carbocycles. The lowest BCUT2D eigenvalue weighted by molar-refractivity contribution is 0.101. The Morgan fingerprint density at radius 2 is 1.44 bits per heavy atom. The Hall–Kier alpha value is -2.01. The van der Waals surface area contributed by atoms with E-state index in [0.717, 1.165) is 20.6 Å². The molecule has 2 aliphatic rings. The van der Waals surface area contributed by atoms with Crippen LogP contribution in [0.3, 0.4) is 0 Å². The van der Waals surface area contributed by atoms with Crippen molar-refractivity contribution in [1.82, 2.24) is 0 Å². The van der Waals surface area contributed by atoms with Crippen LogP contribution in [0.1, 0.15) is 20.7 Å². The number of rotatable bonds is 0. The largest absolute Gasteiger partial charge is 0.288 e. The first-order valence-electron chi connectivity index (χ1n) is 7.65. The predicted octanol–water partition coefficient (Wildman–Crippen LogP) is 5.98. The Morgan fingerprint density at radius 3 is 2.28 bits per heavy atom. The highest BCUT2D eigenvalue weighted by Crippen LogP contribution is 2.52. The Morgan fingerprint density at radius 1 is 0.760 bits per heavy atom. The van der Waals surface area contributed by atoms with E-state index >= 15 is 0 Å².